The maximum Gasteiger partial charge on any atom is 0.246 e. The van der Waals surface area contributed by atoms with E-state index >= 15 is 0 Å². The first-order chi connectivity index (χ1) is 19.1. The number of amides is 2. The van der Waals surface area contributed by atoms with Crippen molar-refractivity contribution in [3.63, 3.8) is 0 Å². The Morgan fingerprint density at radius 2 is 1.85 bits per heavy atom. The van der Waals surface area contributed by atoms with Crippen LogP contribution in [0.3, 0.4) is 0 Å². The molecule has 2 amide bonds. The molecule has 13 unspecified atom stereocenters. The van der Waals surface area contributed by atoms with Crippen molar-refractivity contribution in [1.29, 1.82) is 0 Å². The number of carbonyl (C=O) groups excluding carboxylic acids is 2. The Morgan fingerprint density at radius 1 is 0.974 bits per heavy atom. The standard InChI is InChI=1S/C29H45N3O7/c1-35-22-8-5-18-25(28(22)36-2)29(34)32-20-6-4-16(12-19(20)17-9-10-30-26(18)27(17)32)37-13-24(33)31-15-3-7-21-23(11-15)39-14-38-21/h15-23,25-28,30H,3-14H2,1-2H3,(H,31,33)/p+1. The van der Waals surface area contributed by atoms with Crippen LogP contribution in [0.1, 0.15) is 57.8 Å². The Morgan fingerprint density at radius 3 is 2.69 bits per heavy atom. The first-order valence-electron chi connectivity index (χ1n) is 15.4. The minimum Gasteiger partial charge on any atom is -0.379 e. The smallest absolute Gasteiger partial charge is 0.246 e. The topological polar surface area (TPSA) is 112 Å². The van der Waals surface area contributed by atoms with E-state index in [0.717, 1.165) is 64.3 Å². The minimum atomic E-state index is -0.170. The third-order valence-corrected chi connectivity index (χ3v) is 11.5. The summed E-state index contributed by atoms with van der Waals surface area (Å²) in [5, 5.41) is 5.70. The molecule has 10 heteroatoms. The quantitative estimate of drug-likeness (QED) is 0.487. The Bertz CT molecular complexity index is 937. The molecule has 3 aliphatic carbocycles. The van der Waals surface area contributed by atoms with E-state index in [1.54, 1.807) is 14.2 Å². The van der Waals surface area contributed by atoms with E-state index < -0.39 is 0 Å². The lowest BCUT2D eigenvalue weighted by molar-refractivity contribution is -0.713. The molecule has 0 aromatic rings. The molecule has 3 saturated carbocycles. The fourth-order valence-electron chi connectivity index (χ4n) is 9.93. The number of quaternary nitrogens is 1. The first-order valence-corrected chi connectivity index (χ1v) is 15.4. The van der Waals surface area contributed by atoms with Crippen LogP contribution in [-0.4, -0.2) is 106 Å². The van der Waals surface area contributed by atoms with Crippen LogP contribution in [0, 0.1) is 23.7 Å². The fourth-order valence-corrected chi connectivity index (χ4v) is 9.93. The number of ether oxygens (including phenoxy) is 5. The van der Waals surface area contributed by atoms with Gasteiger partial charge in [-0.05, 0) is 63.2 Å². The van der Waals surface area contributed by atoms with Gasteiger partial charge in [-0.3, -0.25) is 9.59 Å². The predicted octanol–water partition coefficient (Wildman–Crippen LogP) is 0.183. The molecule has 4 heterocycles. The van der Waals surface area contributed by atoms with Gasteiger partial charge in [0.25, 0.3) is 0 Å². The number of nitrogens with zero attached hydrogens (tertiary/aromatic N) is 1. The molecule has 7 rings (SSSR count). The minimum absolute atomic E-state index is 0.0149. The van der Waals surface area contributed by atoms with Crippen molar-refractivity contribution in [2.75, 3.05) is 34.2 Å². The molecule has 0 bridgehead atoms. The van der Waals surface area contributed by atoms with Crippen LogP contribution in [0.2, 0.25) is 0 Å². The molecule has 7 fully saturated rings. The molecule has 4 saturated heterocycles. The first kappa shape index (κ1) is 26.6. The molecule has 0 spiro atoms. The van der Waals surface area contributed by atoms with E-state index in [9.17, 15) is 9.59 Å². The number of nitrogens with one attached hydrogen (secondary N) is 1. The zero-order valence-corrected chi connectivity index (χ0v) is 23.4. The molecule has 10 nitrogen and oxygen atoms in total. The third kappa shape index (κ3) is 4.54. The summed E-state index contributed by atoms with van der Waals surface area (Å²) in [4.78, 5) is 29.3. The van der Waals surface area contributed by atoms with Crippen molar-refractivity contribution in [2.24, 2.45) is 23.7 Å². The van der Waals surface area contributed by atoms with Gasteiger partial charge in [0.1, 0.15) is 19.4 Å². The van der Waals surface area contributed by atoms with Crippen molar-refractivity contribution >= 4 is 11.8 Å². The molecule has 4 aliphatic heterocycles. The van der Waals surface area contributed by atoms with Gasteiger partial charge in [-0.15, -0.1) is 0 Å². The molecular formula is C29H46N3O7+. The number of methoxy groups -OCH3 is 2. The molecule has 39 heavy (non-hydrogen) atoms. The van der Waals surface area contributed by atoms with E-state index in [2.05, 4.69) is 15.5 Å². The monoisotopic (exact) mass is 548 g/mol. The molecule has 218 valence electrons. The average molecular weight is 549 g/mol. The summed E-state index contributed by atoms with van der Waals surface area (Å²) in [7, 11) is 3.48. The van der Waals surface area contributed by atoms with E-state index in [0.29, 0.717) is 42.5 Å². The van der Waals surface area contributed by atoms with E-state index in [1.165, 1.54) is 0 Å². The average Bonchev–Trinajstić information content (AvgIpc) is 3.56. The van der Waals surface area contributed by atoms with Gasteiger partial charge in [-0.25, -0.2) is 0 Å². The van der Waals surface area contributed by atoms with Crippen LogP contribution in [0.25, 0.3) is 0 Å². The molecule has 3 N–H and O–H groups in total. The SMILES string of the molecule is COC1CCC2C3[NH2+]CCC4C5CC(OCC(=O)NC6CCC7OCOC7C6)CCC5N(C(=O)C2C1OC)C43. The van der Waals surface area contributed by atoms with Gasteiger partial charge in [-0.1, -0.05) is 0 Å². The second-order valence-corrected chi connectivity index (χ2v) is 13.1. The summed E-state index contributed by atoms with van der Waals surface area (Å²) in [5.74, 6) is 1.48. The zero-order chi connectivity index (χ0) is 26.7. The van der Waals surface area contributed by atoms with E-state index in [1.807, 2.05) is 0 Å². The molecule has 0 aromatic carbocycles. The fraction of sp³-hybridized carbons (Fsp3) is 0.931. The zero-order valence-electron chi connectivity index (χ0n) is 23.4. The van der Waals surface area contributed by atoms with Crippen LogP contribution in [0.4, 0.5) is 0 Å². The number of piperidine rings is 2. The second-order valence-electron chi connectivity index (χ2n) is 13.1. The maximum absolute atomic E-state index is 14.2. The Kier molecular flexibility index (Phi) is 7.39. The van der Waals surface area contributed by atoms with Crippen molar-refractivity contribution < 1.29 is 38.6 Å². The van der Waals surface area contributed by atoms with Gasteiger partial charge in [0.2, 0.25) is 11.8 Å². The lowest BCUT2D eigenvalue weighted by Gasteiger charge is -2.53. The summed E-state index contributed by atoms with van der Waals surface area (Å²) < 4.78 is 29.2. The molecule has 7 aliphatic rings. The van der Waals surface area contributed by atoms with Crippen LogP contribution in [-0.2, 0) is 33.3 Å². The third-order valence-electron chi connectivity index (χ3n) is 11.5. The Hall–Kier alpha value is -1.30. The highest BCUT2D eigenvalue weighted by Gasteiger charge is 2.66. The Labute approximate surface area is 231 Å². The number of hydrogen-bond acceptors (Lipinski definition) is 7. The summed E-state index contributed by atoms with van der Waals surface area (Å²) in [6.07, 6.45) is 8.77. The number of nitrogens with two attached hydrogens (primary N) is 1. The largest absolute Gasteiger partial charge is 0.379 e. The second kappa shape index (κ2) is 10.8. The van der Waals surface area contributed by atoms with E-state index in [4.69, 9.17) is 23.7 Å². The van der Waals surface area contributed by atoms with Crippen molar-refractivity contribution in [3.8, 4) is 0 Å². The molecule has 0 aromatic heterocycles. The highest BCUT2D eigenvalue weighted by Crippen LogP contribution is 2.53. The van der Waals surface area contributed by atoms with Gasteiger partial charge in [0, 0.05) is 38.6 Å². The number of fused-ring (bicyclic) bond motifs is 6. The van der Waals surface area contributed by atoms with Gasteiger partial charge >= 0.3 is 0 Å². The van der Waals surface area contributed by atoms with Gasteiger partial charge in [-0.2, -0.15) is 0 Å². The number of rotatable bonds is 6. The summed E-state index contributed by atoms with van der Waals surface area (Å²) in [6.45, 7) is 1.60. The normalized spacial score (nSPS) is 48.6. The number of carbonyl (C=O) groups is 2. The lowest BCUT2D eigenvalue weighted by atomic mass is 9.64. The van der Waals surface area contributed by atoms with Crippen molar-refractivity contribution in [2.45, 2.75) is 112 Å². The summed E-state index contributed by atoms with van der Waals surface area (Å²) in [5.41, 5.74) is 0. The summed E-state index contributed by atoms with van der Waals surface area (Å²) >= 11 is 0. The lowest BCUT2D eigenvalue weighted by Crippen LogP contribution is -2.99. The summed E-state index contributed by atoms with van der Waals surface area (Å²) in [6, 6.07) is 1.17. The van der Waals surface area contributed by atoms with Crippen LogP contribution in [0.15, 0.2) is 0 Å². The van der Waals surface area contributed by atoms with Crippen LogP contribution >= 0.6 is 0 Å². The predicted molar refractivity (Wildman–Crippen MR) is 138 cm³/mol. The van der Waals surface area contributed by atoms with Crippen LogP contribution < -0.4 is 10.6 Å². The van der Waals surface area contributed by atoms with Gasteiger partial charge in [0.15, 0.2) is 0 Å². The number of hydrogen-bond donors (Lipinski definition) is 2. The molecule has 13 atom stereocenters. The Balaban J connectivity index is 0.994. The molecule has 0 radical (unpaired) electrons. The highest BCUT2D eigenvalue weighted by atomic mass is 16.7. The van der Waals surface area contributed by atoms with Crippen molar-refractivity contribution in [1.82, 2.24) is 10.2 Å². The van der Waals surface area contributed by atoms with Crippen LogP contribution in [0.5, 0.6) is 0 Å². The maximum atomic E-state index is 14.2. The van der Waals surface area contributed by atoms with Crippen molar-refractivity contribution in [3.05, 3.63) is 0 Å². The van der Waals surface area contributed by atoms with E-state index in [-0.39, 0.29) is 61.0 Å². The van der Waals surface area contributed by atoms with Gasteiger partial charge < -0.3 is 39.2 Å². The van der Waals surface area contributed by atoms with Gasteiger partial charge in [0.05, 0.1) is 49.0 Å². The highest BCUT2D eigenvalue weighted by molar-refractivity contribution is 5.82. The molecular weight excluding hydrogens is 502 g/mol.